The van der Waals surface area contributed by atoms with Crippen molar-refractivity contribution >= 4 is 29.9 Å². The Morgan fingerprint density at radius 2 is 1.88 bits per heavy atom. The molecular formula is C18H28IN5. The molecule has 0 spiro atoms. The number of nitrogens with zero attached hydrogens (tertiary/aromatic N) is 3. The molecule has 0 saturated heterocycles. The molecule has 1 aromatic carbocycles. The summed E-state index contributed by atoms with van der Waals surface area (Å²) in [5.74, 6) is 0.865. The second-order valence-electron chi connectivity index (χ2n) is 5.74. The first-order valence-electron chi connectivity index (χ1n) is 8.24. The standard InChI is InChI=1S/C18H27N5.HI/c1-4-19-18(21-13-17-8-6-15(2)7-9-17)20-10-5-11-23-14-16(3)12-22-23;/h6-9,12,14H,4-5,10-11,13H2,1-3H3,(H2,19,20,21);1H. The minimum absolute atomic E-state index is 0. The van der Waals surface area contributed by atoms with E-state index in [0.29, 0.717) is 6.54 Å². The molecule has 0 aliphatic carbocycles. The predicted octanol–water partition coefficient (Wildman–Crippen LogP) is 3.26. The third-order valence-electron chi connectivity index (χ3n) is 3.50. The Labute approximate surface area is 162 Å². The maximum absolute atomic E-state index is 4.63. The zero-order valence-electron chi connectivity index (χ0n) is 14.7. The fourth-order valence-corrected chi connectivity index (χ4v) is 2.24. The molecule has 1 aromatic heterocycles. The summed E-state index contributed by atoms with van der Waals surface area (Å²) in [5.41, 5.74) is 3.70. The molecule has 1 heterocycles. The second-order valence-corrected chi connectivity index (χ2v) is 5.74. The largest absolute Gasteiger partial charge is 0.357 e. The number of halogens is 1. The molecule has 0 fully saturated rings. The molecular weight excluding hydrogens is 413 g/mol. The van der Waals surface area contributed by atoms with Gasteiger partial charge in [-0.25, -0.2) is 4.99 Å². The lowest BCUT2D eigenvalue weighted by Crippen LogP contribution is -2.38. The van der Waals surface area contributed by atoms with Crippen molar-refractivity contribution in [1.29, 1.82) is 0 Å². The summed E-state index contributed by atoms with van der Waals surface area (Å²) < 4.78 is 1.98. The summed E-state index contributed by atoms with van der Waals surface area (Å²) in [7, 11) is 0. The third kappa shape index (κ3) is 7.33. The van der Waals surface area contributed by atoms with Crippen LogP contribution in [0.1, 0.15) is 30.0 Å². The minimum atomic E-state index is 0. The number of rotatable bonds is 7. The number of aryl methyl sites for hydroxylation is 3. The summed E-state index contributed by atoms with van der Waals surface area (Å²) in [4.78, 5) is 4.63. The fourth-order valence-electron chi connectivity index (χ4n) is 2.24. The normalized spacial score (nSPS) is 11.0. The molecule has 0 saturated carbocycles. The van der Waals surface area contributed by atoms with Gasteiger partial charge in [0.05, 0.1) is 12.7 Å². The van der Waals surface area contributed by atoms with Crippen molar-refractivity contribution in [2.45, 2.75) is 40.3 Å². The average molecular weight is 441 g/mol. The van der Waals surface area contributed by atoms with Gasteiger partial charge in [-0.15, -0.1) is 24.0 Å². The van der Waals surface area contributed by atoms with Crippen LogP contribution >= 0.6 is 24.0 Å². The number of nitrogens with one attached hydrogen (secondary N) is 2. The highest BCUT2D eigenvalue weighted by Gasteiger charge is 1.99. The van der Waals surface area contributed by atoms with Gasteiger partial charge in [0.1, 0.15) is 0 Å². The van der Waals surface area contributed by atoms with Crippen LogP contribution in [-0.4, -0.2) is 28.8 Å². The van der Waals surface area contributed by atoms with Crippen molar-refractivity contribution < 1.29 is 0 Å². The van der Waals surface area contributed by atoms with Gasteiger partial charge in [-0.2, -0.15) is 5.10 Å². The second kappa shape index (κ2) is 11.1. The number of hydrogen-bond donors (Lipinski definition) is 2. The minimum Gasteiger partial charge on any atom is -0.357 e. The van der Waals surface area contributed by atoms with Crippen LogP contribution in [0.25, 0.3) is 0 Å². The van der Waals surface area contributed by atoms with Gasteiger partial charge in [-0.05, 0) is 38.3 Å². The Bertz CT molecular complexity index is 619. The smallest absolute Gasteiger partial charge is 0.191 e. The van der Waals surface area contributed by atoms with Gasteiger partial charge in [0.2, 0.25) is 0 Å². The summed E-state index contributed by atoms with van der Waals surface area (Å²) in [6, 6.07) is 8.50. The zero-order chi connectivity index (χ0) is 16.5. The Hall–Kier alpha value is -1.57. The molecule has 0 aliphatic rings. The first-order valence-corrected chi connectivity index (χ1v) is 8.24. The van der Waals surface area contributed by atoms with Gasteiger partial charge in [-0.1, -0.05) is 29.8 Å². The Morgan fingerprint density at radius 1 is 1.12 bits per heavy atom. The van der Waals surface area contributed by atoms with Crippen molar-refractivity contribution in [2.75, 3.05) is 13.1 Å². The molecule has 6 heteroatoms. The first kappa shape index (κ1) is 20.5. The van der Waals surface area contributed by atoms with Crippen LogP contribution in [-0.2, 0) is 13.1 Å². The quantitative estimate of drug-likeness (QED) is 0.300. The average Bonchev–Trinajstić information content (AvgIpc) is 2.96. The van der Waals surface area contributed by atoms with Gasteiger partial charge >= 0.3 is 0 Å². The molecule has 24 heavy (non-hydrogen) atoms. The summed E-state index contributed by atoms with van der Waals surface area (Å²) in [6.07, 6.45) is 4.97. The van der Waals surface area contributed by atoms with Crippen LogP contribution in [0.2, 0.25) is 0 Å². The first-order chi connectivity index (χ1) is 11.2. The zero-order valence-corrected chi connectivity index (χ0v) is 17.1. The van der Waals surface area contributed by atoms with Crippen molar-refractivity contribution in [3.63, 3.8) is 0 Å². The predicted molar refractivity (Wildman–Crippen MR) is 111 cm³/mol. The van der Waals surface area contributed by atoms with Crippen LogP contribution in [0, 0.1) is 13.8 Å². The van der Waals surface area contributed by atoms with E-state index >= 15 is 0 Å². The SMILES string of the molecule is CCNC(=NCc1ccc(C)cc1)NCCCn1cc(C)cn1.I. The van der Waals surface area contributed by atoms with E-state index in [9.17, 15) is 0 Å². The van der Waals surface area contributed by atoms with Crippen LogP contribution in [0.4, 0.5) is 0 Å². The summed E-state index contributed by atoms with van der Waals surface area (Å²) >= 11 is 0. The molecule has 132 valence electrons. The number of guanidine groups is 1. The molecule has 2 aromatic rings. The molecule has 5 nitrogen and oxygen atoms in total. The van der Waals surface area contributed by atoms with E-state index in [1.165, 1.54) is 16.7 Å². The van der Waals surface area contributed by atoms with Gasteiger partial charge in [-0.3, -0.25) is 4.68 Å². The highest BCUT2D eigenvalue weighted by Crippen LogP contribution is 2.04. The highest BCUT2D eigenvalue weighted by molar-refractivity contribution is 14.0. The van der Waals surface area contributed by atoms with Gasteiger partial charge in [0, 0.05) is 25.8 Å². The molecule has 2 N–H and O–H groups in total. The lowest BCUT2D eigenvalue weighted by molar-refractivity contribution is 0.570. The lowest BCUT2D eigenvalue weighted by atomic mass is 10.1. The monoisotopic (exact) mass is 441 g/mol. The van der Waals surface area contributed by atoms with Crippen LogP contribution < -0.4 is 10.6 Å². The summed E-state index contributed by atoms with van der Waals surface area (Å²) in [5, 5.41) is 11.0. The maximum atomic E-state index is 4.63. The number of hydrogen-bond acceptors (Lipinski definition) is 2. The topological polar surface area (TPSA) is 54.2 Å². The van der Waals surface area contributed by atoms with Gasteiger partial charge in [0.15, 0.2) is 5.96 Å². The maximum Gasteiger partial charge on any atom is 0.191 e. The van der Waals surface area contributed by atoms with Crippen molar-refractivity contribution in [1.82, 2.24) is 20.4 Å². The highest BCUT2D eigenvalue weighted by atomic mass is 127. The Balaban J connectivity index is 0.00000288. The van der Waals surface area contributed by atoms with E-state index in [2.05, 4.69) is 72.0 Å². The van der Waals surface area contributed by atoms with E-state index in [1.54, 1.807) is 0 Å². The van der Waals surface area contributed by atoms with E-state index in [-0.39, 0.29) is 24.0 Å². The Morgan fingerprint density at radius 3 is 2.50 bits per heavy atom. The van der Waals surface area contributed by atoms with Gasteiger partial charge in [0.25, 0.3) is 0 Å². The van der Waals surface area contributed by atoms with E-state index in [4.69, 9.17) is 0 Å². The van der Waals surface area contributed by atoms with Crippen molar-refractivity contribution in [3.8, 4) is 0 Å². The van der Waals surface area contributed by atoms with E-state index in [0.717, 1.165) is 32.0 Å². The summed E-state index contributed by atoms with van der Waals surface area (Å²) in [6.45, 7) is 9.57. The molecule has 0 atom stereocenters. The van der Waals surface area contributed by atoms with Crippen LogP contribution in [0.5, 0.6) is 0 Å². The van der Waals surface area contributed by atoms with Gasteiger partial charge < -0.3 is 10.6 Å². The number of benzene rings is 1. The molecule has 0 unspecified atom stereocenters. The van der Waals surface area contributed by atoms with E-state index in [1.807, 2.05) is 10.9 Å². The van der Waals surface area contributed by atoms with Crippen LogP contribution in [0.3, 0.4) is 0 Å². The number of aromatic nitrogens is 2. The number of aliphatic imine (C=N–C) groups is 1. The lowest BCUT2D eigenvalue weighted by Gasteiger charge is -2.11. The Kier molecular flexibility index (Phi) is 9.44. The van der Waals surface area contributed by atoms with Crippen LogP contribution in [0.15, 0.2) is 41.7 Å². The third-order valence-corrected chi connectivity index (χ3v) is 3.50. The molecule has 2 rings (SSSR count). The molecule has 0 aliphatic heterocycles. The van der Waals surface area contributed by atoms with Crippen molar-refractivity contribution in [3.05, 3.63) is 53.3 Å². The molecule has 0 bridgehead atoms. The van der Waals surface area contributed by atoms with Crippen molar-refractivity contribution in [2.24, 2.45) is 4.99 Å². The van der Waals surface area contributed by atoms with E-state index < -0.39 is 0 Å². The fraction of sp³-hybridized carbons (Fsp3) is 0.444. The molecule has 0 radical (unpaired) electrons. The molecule has 0 amide bonds.